The molecule has 6 heteroatoms. The second-order valence-electron chi connectivity index (χ2n) is 3.61. The molecule has 0 atom stereocenters. The van der Waals surface area contributed by atoms with Gasteiger partial charge in [-0.1, -0.05) is 5.16 Å². The maximum atomic E-state index is 12.7. The van der Waals surface area contributed by atoms with Crippen molar-refractivity contribution < 1.29 is 23.6 Å². The van der Waals surface area contributed by atoms with Crippen LogP contribution in [-0.2, 0) is 6.61 Å². The van der Waals surface area contributed by atoms with E-state index in [0.29, 0.717) is 17.1 Å². The minimum Gasteiger partial charge on any atom is -0.489 e. The van der Waals surface area contributed by atoms with Crippen LogP contribution in [0, 0.1) is 12.7 Å². The lowest BCUT2D eigenvalue weighted by molar-refractivity contribution is 0.0683. The van der Waals surface area contributed by atoms with Gasteiger partial charge >= 0.3 is 5.97 Å². The number of carboxylic acid groups (broad SMARTS) is 1. The highest BCUT2D eigenvalue weighted by Gasteiger charge is 2.19. The number of ether oxygens (including phenoxy) is 1. The third-order valence-electron chi connectivity index (χ3n) is 2.38. The van der Waals surface area contributed by atoms with Gasteiger partial charge in [-0.3, -0.25) is 0 Å². The number of aryl methyl sites for hydroxylation is 1. The van der Waals surface area contributed by atoms with E-state index < -0.39 is 5.97 Å². The van der Waals surface area contributed by atoms with Gasteiger partial charge < -0.3 is 14.4 Å². The van der Waals surface area contributed by atoms with Gasteiger partial charge in [-0.2, -0.15) is 0 Å². The summed E-state index contributed by atoms with van der Waals surface area (Å²) in [5, 5.41) is 12.3. The lowest BCUT2D eigenvalue weighted by Gasteiger charge is -2.05. The number of hydrogen-bond donors (Lipinski definition) is 1. The Labute approximate surface area is 102 Å². The van der Waals surface area contributed by atoms with E-state index in [1.165, 1.54) is 24.3 Å². The summed E-state index contributed by atoms with van der Waals surface area (Å²) < 4.78 is 22.8. The average Bonchev–Trinajstić information content (AvgIpc) is 2.70. The number of carbonyl (C=O) groups is 1. The summed E-state index contributed by atoms with van der Waals surface area (Å²) in [5.74, 6) is -0.720. The van der Waals surface area contributed by atoms with Crippen LogP contribution in [0.5, 0.6) is 5.75 Å². The van der Waals surface area contributed by atoms with Crippen LogP contribution in [0.25, 0.3) is 0 Å². The summed E-state index contributed by atoms with van der Waals surface area (Å²) in [6.45, 7) is 1.60. The highest BCUT2D eigenvalue weighted by atomic mass is 19.1. The van der Waals surface area contributed by atoms with E-state index in [0.717, 1.165) is 0 Å². The molecule has 0 spiro atoms. The van der Waals surface area contributed by atoms with E-state index in [9.17, 15) is 9.18 Å². The van der Waals surface area contributed by atoms with Crippen LogP contribution in [0.15, 0.2) is 28.8 Å². The van der Waals surface area contributed by atoms with Gasteiger partial charge in [0.25, 0.3) is 0 Å². The van der Waals surface area contributed by atoms with Crippen LogP contribution >= 0.6 is 0 Å². The Morgan fingerprint density at radius 1 is 1.44 bits per heavy atom. The zero-order chi connectivity index (χ0) is 13.1. The number of nitrogens with zero attached hydrogens (tertiary/aromatic N) is 1. The Morgan fingerprint density at radius 2 is 2.11 bits per heavy atom. The number of aromatic nitrogens is 1. The van der Waals surface area contributed by atoms with Crippen molar-refractivity contribution in [2.75, 3.05) is 0 Å². The number of aromatic carboxylic acids is 1. The summed E-state index contributed by atoms with van der Waals surface area (Å²) in [7, 11) is 0. The molecule has 0 fully saturated rings. The predicted octanol–water partition coefficient (Wildman–Crippen LogP) is 2.40. The molecule has 0 aliphatic rings. The zero-order valence-corrected chi connectivity index (χ0v) is 9.51. The van der Waals surface area contributed by atoms with E-state index in [2.05, 4.69) is 5.16 Å². The molecular weight excluding hydrogens is 241 g/mol. The monoisotopic (exact) mass is 251 g/mol. The molecule has 0 aliphatic heterocycles. The van der Waals surface area contributed by atoms with Gasteiger partial charge in [0.05, 0.1) is 5.56 Å². The van der Waals surface area contributed by atoms with Crippen molar-refractivity contribution in [3.8, 4) is 5.75 Å². The molecule has 2 aromatic rings. The quantitative estimate of drug-likeness (QED) is 0.903. The van der Waals surface area contributed by atoms with E-state index in [1.807, 2.05) is 0 Å². The van der Waals surface area contributed by atoms with E-state index in [4.69, 9.17) is 14.4 Å². The molecule has 18 heavy (non-hydrogen) atoms. The molecule has 5 nitrogen and oxygen atoms in total. The largest absolute Gasteiger partial charge is 0.489 e. The number of hydrogen-bond acceptors (Lipinski definition) is 4. The third kappa shape index (κ3) is 2.48. The molecule has 1 aromatic heterocycles. The molecule has 1 N–H and O–H groups in total. The molecule has 1 aromatic carbocycles. The number of carboxylic acids is 1. The molecule has 94 valence electrons. The van der Waals surface area contributed by atoms with Crippen LogP contribution in [0.3, 0.4) is 0 Å². The predicted molar refractivity (Wildman–Crippen MR) is 58.9 cm³/mol. The first-order chi connectivity index (χ1) is 8.58. The molecule has 0 unspecified atom stereocenters. The smallest absolute Gasteiger partial charge is 0.358 e. The van der Waals surface area contributed by atoms with Gasteiger partial charge in [-0.25, -0.2) is 9.18 Å². The van der Waals surface area contributed by atoms with Gasteiger partial charge in [0, 0.05) is 0 Å². The molecule has 2 rings (SSSR count). The highest BCUT2D eigenvalue weighted by molar-refractivity contribution is 5.87. The Morgan fingerprint density at radius 3 is 2.72 bits per heavy atom. The fourth-order valence-electron chi connectivity index (χ4n) is 1.42. The normalized spacial score (nSPS) is 10.3. The van der Waals surface area contributed by atoms with Crippen LogP contribution in [-0.4, -0.2) is 16.2 Å². The molecule has 0 saturated heterocycles. The fraction of sp³-hybridized carbons (Fsp3) is 0.167. The standard InChI is InChI=1S/C12H10FNO4/c1-7-10(11(12(15)16)14-18-7)6-17-9-4-2-8(13)3-5-9/h2-5H,6H2,1H3,(H,15,16). The van der Waals surface area contributed by atoms with Gasteiger partial charge in [0.2, 0.25) is 0 Å². The van der Waals surface area contributed by atoms with Gasteiger partial charge in [0.1, 0.15) is 23.9 Å². The minimum absolute atomic E-state index is 0.00258. The topological polar surface area (TPSA) is 72.6 Å². The SMILES string of the molecule is Cc1onc(C(=O)O)c1COc1ccc(F)cc1. The maximum absolute atomic E-state index is 12.7. The number of halogens is 1. The van der Waals surface area contributed by atoms with Crippen molar-refractivity contribution in [2.24, 2.45) is 0 Å². The third-order valence-corrected chi connectivity index (χ3v) is 2.38. The molecule has 0 saturated carbocycles. The molecule has 0 amide bonds. The van der Waals surface area contributed by atoms with Crippen molar-refractivity contribution in [2.45, 2.75) is 13.5 Å². The van der Waals surface area contributed by atoms with Gasteiger partial charge in [-0.05, 0) is 31.2 Å². The average molecular weight is 251 g/mol. The van der Waals surface area contributed by atoms with Gasteiger partial charge in [-0.15, -0.1) is 0 Å². The second-order valence-corrected chi connectivity index (χ2v) is 3.61. The lowest BCUT2D eigenvalue weighted by Crippen LogP contribution is -2.05. The minimum atomic E-state index is -1.18. The molecule has 0 bridgehead atoms. The zero-order valence-electron chi connectivity index (χ0n) is 9.51. The van der Waals surface area contributed by atoms with Crippen molar-refractivity contribution in [3.63, 3.8) is 0 Å². The summed E-state index contributed by atoms with van der Waals surface area (Å²) >= 11 is 0. The van der Waals surface area contributed by atoms with Crippen molar-refractivity contribution >= 4 is 5.97 Å². The van der Waals surface area contributed by atoms with E-state index >= 15 is 0 Å². The van der Waals surface area contributed by atoms with Crippen molar-refractivity contribution in [3.05, 3.63) is 47.1 Å². The summed E-state index contributed by atoms with van der Waals surface area (Å²) in [6, 6.07) is 5.43. The number of rotatable bonds is 4. The summed E-state index contributed by atoms with van der Waals surface area (Å²) in [4.78, 5) is 10.9. The molecule has 0 aliphatic carbocycles. The Bertz CT molecular complexity index is 562. The van der Waals surface area contributed by atoms with E-state index in [-0.39, 0.29) is 18.1 Å². The Balaban J connectivity index is 2.12. The van der Waals surface area contributed by atoms with Gasteiger partial charge in [0.15, 0.2) is 5.69 Å². The second kappa shape index (κ2) is 4.87. The van der Waals surface area contributed by atoms with Crippen LogP contribution in [0.1, 0.15) is 21.8 Å². The first-order valence-corrected chi connectivity index (χ1v) is 5.14. The van der Waals surface area contributed by atoms with Crippen LogP contribution in [0.4, 0.5) is 4.39 Å². The first kappa shape index (κ1) is 12.1. The lowest BCUT2D eigenvalue weighted by atomic mass is 10.2. The number of benzene rings is 1. The Hall–Kier alpha value is -2.37. The molecular formula is C12H10FNO4. The van der Waals surface area contributed by atoms with Crippen molar-refractivity contribution in [1.82, 2.24) is 5.16 Å². The van der Waals surface area contributed by atoms with Crippen LogP contribution < -0.4 is 4.74 Å². The van der Waals surface area contributed by atoms with Crippen molar-refractivity contribution in [1.29, 1.82) is 0 Å². The van der Waals surface area contributed by atoms with E-state index in [1.54, 1.807) is 6.92 Å². The first-order valence-electron chi connectivity index (χ1n) is 5.14. The summed E-state index contributed by atoms with van der Waals surface area (Å²) in [6.07, 6.45) is 0. The maximum Gasteiger partial charge on any atom is 0.358 e. The molecule has 1 heterocycles. The highest BCUT2D eigenvalue weighted by Crippen LogP contribution is 2.18. The summed E-state index contributed by atoms with van der Waals surface area (Å²) in [5.41, 5.74) is 0.196. The molecule has 0 radical (unpaired) electrons. The van der Waals surface area contributed by atoms with Crippen LogP contribution in [0.2, 0.25) is 0 Å². The Kier molecular flexibility index (Phi) is 3.27. The fourth-order valence-corrected chi connectivity index (χ4v) is 1.42.